The van der Waals surface area contributed by atoms with Gasteiger partial charge in [0.2, 0.25) is 0 Å². The van der Waals surface area contributed by atoms with Crippen molar-refractivity contribution in [2.24, 2.45) is 0 Å². The molecule has 0 amide bonds. The van der Waals surface area contributed by atoms with E-state index >= 15 is 0 Å². The Balaban J connectivity index is 0.00000168. The molecule has 0 N–H and O–H groups in total. The number of rotatable bonds is 1. The fourth-order valence-corrected chi connectivity index (χ4v) is 3.71. The molecule has 0 spiro atoms. The van der Waals surface area contributed by atoms with E-state index in [1.807, 2.05) is 18.5 Å². The van der Waals surface area contributed by atoms with E-state index in [-0.39, 0.29) is 20.1 Å². The number of hydrogen-bond donors (Lipinski definition) is 0. The van der Waals surface area contributed by atoms with Crippen LogP contribution in [-0.2, 0) is 20.1 Å². The quantitative estimate of drug-likeness (QED) is 0.207. The summed E-state index contributed by atoms with van der Waals surface area (Å²) >= 11 is 0. The Morgan fingerprint density at radius 3 is 2.54 bits per heavy atom. The van der Waals surface area contributed by atoms with Crippen LogP contribution >= 0.6 is 0 Å². The van der Waals surface area contributed by atoms with Gasteiger partial charge in [-0.15, -0.1) is 29.7 Å². The van der Waals surface area contributed by atoms with E-state index in [1.54, 1.807) is 0 Å². The van der Waals surface area contributed by atoms with Crippen LogP contribution in [0.15, 0.2) is 67.0 Å². The van der Waals surface area contributed by atoms with Crippen LogP contribution in [0, 0.1) is 19.9 Å². The van der Waals surface area contributed by atoms with Crippen LogP contribution in [-0.4, -0.2) is 9.38 Å². The molecule has 26 heavy (non-hydrogen) atoms. The Bertz CT molecular complexity index is 1250. The maximum absolute atomic E-state index is 4.60. The van der Waals surface area contributed by atoms with Gasteiger partial charge in [-0.3, -0.25) is 4.98 Å². The first-order valence-electron chi connectivity index (χ1n) is 8.49. The number of benzene rings is 3. The molecule has 0 bridgehead atoms. The second-order valence-corrected chi connectivity index (χ2v) is 6.65. The Morgan fingerprint density at radius 1 is 0.923 bits per heavy atom. The summed E-state index contributed by atoms with van der Waals surface area (Å²) in [6.07, 6.45) is 3.92. The van der Waals surface area contributed by atoms with Gasteiger partial charge in [0.1, 0.15) is 0 Å². The Kier molecular flexibility index (Phi) is 4.14. The molecule has 0 aliphatic heterocycles. The maximum Gasteiger partial charge on any atom is 0.0608 e. The summed E-state index contributed by atoms with van der Waals surface area (Å²) in [6, 6.07) is 22.8. The van der Waals surface area contributed by atoms with E-state index < -0.39 is 0 Å². The van der Waals surface area contributed by atoms with Crippen molar-refractivity contribution in [3.05, 3.63) is 84.2 Å². The van der Waals surface area contributed by atoms with Crippen LogP contribution in [0.2, 0.25) is 0 Å². The Labute approximate surface area is 165 Å². The molecule has 0 atom stereocenters. The van der Waals surface area contributed by atoms with Crippen LogP contribution < -0.4 is 0 Å². The molecule has 2 heterocycles. The number of pyridine rings is 1. The Hall–Kier alpha value is -2.48. The van der Waals surface area contributed by atoms with Gasteiger partial charge >= 0.3 is 0 Å². The second kappa shape index (κ2) is 6.35. The molecule has 0 aliphatic carbocycles. The van der Waals surface area contributed by atoms with Gasteiger partial charge in [0.15, 0.2) is 0 Å². The SMILES string of the molecule is Cc1ccc(-c2cc(C)cc3c4ccc[c-]c4c4nccn4c23)cc1.[Ir]. The predicted molar refractivity (Wildman–Crippen MR) is 104 cm³/mol. The smallest absolute Gasteiger partial charge is 0.0608 e. The van der Waals surface area contributed by atoms with Crippen molar-refractivity contribution >= 4 is 27.3 Å². The minimum atomic E-state index is 0. The molecule has 5 aromatic rings. The van der Waals surface area contributed by atoms with Crippen molar-refractivity contribution < 1.29 is 20.1 Å². The third-order valence-electron chi connectivity index (χ3n) is 4.87. The fraction of sp³-hybridized carbons (Fsp3) is 0.0870. The number of nitrogens with zero attached hydrogens (tertiary/aromatic N) is 2. The van der Waals surface area contributed by atoms with Crippen molar-refractivity contribution in [3.8, 4) is 11.1 Å². The number of fused-ring (bicyclic) bond motifs is 6. The molecular weight excluding hydrogens is 496 g/mol. The number of aromatic nitrogens is 2. The molecule has 5 rings (SSSR count). The summed E-state index contributed by atoms with van der Waals surface area (Å²) in [7, 11) is 0. The van der Waals surface area contributed by atoms with Gasteiger partial charge in [-0.25, -0.2) is 0 Å². The minimum absolute atomic E-state index is 0. The standard InChI is InChI=1S/C23H17N2.Ir/c1-15-7-9-17(10-8-15)20-13-16(2)14-21-18-5-3-4-6-19(18)23-24-11-12-25(23)22(20)21;/h3-5,7-14H,1-2H3;/q-1;. The largest absolute Gasteiger partial charge is 0.340 e. The van der Waals surface area contributed by atoms with Crippen molar-refractivity contribution in [1.29, 1.82) is 0 Å². The molecular formula is C23H17IrN2-. The maximum atomic E-state index is 4.60. The number of hydrogen-bond acceptors (Lipinski definition) is 1. The van der Waals surface area contributed by atoms with Gasteiger partial charge in [0.05, 0.1) is 5.65 Å². The molecule has 3 aromatic carbocycles. The summed E-state index contributed by atoms with van der Waals surface area (Å²) in [5.41, 5.74) is 7.16. The van der Waals surface area contributed by atoms with Gasteiger partial charge in [-0.05, 0) is 30.9 Å². The molecule has 2 aromatic heterocycles. The van der Waals surface area contributed by atoms with Crippen LogP contribution in [0.25, 0.3) is 38.4 Å². The van der Waals surface area contributed by atoms with E-state index in [9.17, 15) is 0 Å². The van der Waals surface area contributed by atoms with E-state index in [1.165, 1.54) is 38.5 Å². The third kappa shape index (κ3) is 2.47. The first kappa shape index (κ1) is 17.0. The van der Waals surface area contributed by atoms with E-state index in [4.69, 9.17) is 0 Å². The van der Waals surface area contributed by atoms with Crippen molar-refractivity contribution in [2.75, 3.05) is 0 Å². The molecule has 3 heteroatoms. The molecule has 0 saturated heterocycles. The van der Waals surface area contributed by atoms with Crippen molar-refractivity contribution in [2.45, 2.75) is 13.8 Å². The second-order valence-electron chi connectivity index (χ2n) is 6.65. The summed E-state index contributed by atoms with van der Waals surface area (Å²) in [6.45, 7) is 4.28. The van der Waals surface area contributed by atoms with Crippen LogP contribution in [0.5, 0.6) is 0 Å². The predicted octanol–water partition coefficient (Wildman–Crippen LogP) is 5.72. The first-order chi connectivity index (χ1) is 12.2. The van der Waals surface area contributed by atoms with Crippen LogP contribution in [0.1, 0.15) is 11.1 Å². The topological polar surface area (TPSA) is 17.3 Å². The minimum Gasteiger partial charge on any atom is -0.340 e. The van der Waals surface area contributed by atoms with Gasteiger partial charge in [0.25, 0.3) is 0 Å². The zero-order valence-corrected chi connectivity index (χ0v) is 17.0. The number of imidazole rings is 1. The molecule has 1 radical (unpaired) electrons. The molecule has 0 saturated carbocycles. The molecule has 0 fully saturated rings. The van der Waals surface area contributed by atoms with E-state index in [0.717, 1.165) is 11.0 Å². The molecule has 0 unspecified atom stereocenters. The summed E-state index contributed by atoms with van der Waals surface area (Å²) < 4.78 is 2.20. The monoisotopic (exact) mass is 514 g/mol. The van der Waals surface area contributed by atoms with Crippen molar-refractivity contribution in [3.63, 3.8) is 0 Å². The fourth-order valence-electron chi connectivity index (χ4n) is 3.71. The van der Waals surface area contributed by atoms with Crippen LogP contribution in [0.4, 0.5) is 0 Å². The molecule has 2 nitrogen and oxygen atoms in total. The number of aryl methyl sites for hydroxylation is 2. The van der Waals surface area contributed by atoms with Gasteiger partial charge < -0.3 is 4.40 Å². The first-order valence-corrected chi connectivity index (χ1v) is 8.49. The molecule has 129 valence electrons. The third-order valence-corrected chi connectivity index (χ3v) is 4.87. The van der Waals surface area contributed by atoms with E-state index in [2.05, 4.69) is 77.8 Å². The van der Waals surface area contributed by atoms with E-state index in [0.29, 0.717) is 0 Å². The zero-order valence-electron chi connectivity index (χ0n) is 14.6. The normalized spacial score (nSPS) is 11.2. The summed E-state index contributed by atoms with van der Waals surface area (Å²) in [5.74, 6) is 0. The van der Waals surface area contributed by atoms with Gasteiger partial charge in [-0.2, -0.15) is 0 Å². The average Bonchev–Trinajstić information content (AvgIpc) is 3.12. The molecule has 0 aliphatic rings. The van der Waals surface area contributed by atoms with Gasteiger partial charge in [-0.1, -0.05) is 46.8 Å². The van der Waals surface area contributed by atoms with Crippen LogP contribution in [0.3, 0.4) is 0 Å². The van der Waals surface area contributed by atoms with Gasteiger partial charge in [0, 0.05) is 43.6 Å². The summed E-state index contributed by atoms with van der Waals surface area (Å²) in [5, 5.41) is 3.52. The average molecular weight is 514 g/mol. The van der Waals surface area contributed by atoms with Crippen molar-refractivity contribution in [1.82, 2.24) is 9.38 Å². The summed E-state index contributed by atoms with van der Waals surface area (Å²) in [4.78, 5) is 4.60. The zero-order chi connectivity index (χ0) is 17.0. The Morgan fingerprint density at radius 2 is 1.73 bits per heavy atom.